The van der Waals surface area contributed by atoms with E-state index in [9.17, 15) is 4.79 Å². The molecule has 0 aliphatic rings. The van der Waals surface area contributed by atoms with Crippen LogP contribution in [0.4, 0.5) is 10.6 Å². The molecule has 0 spiro atoms. The van der Waals surface area contributed by atoms with Gasteiger partial charge in [0.05, 0.1) is 5.69 Å². The second-order valence-electron chi connectivity index (χ2n) is 4.13. The SMILES string of the molecule is Cc1noc(CCNC(=O)Nc2ccc(Br)c(C)n2)n1. The summed E-state index contributed by atoms with van der Waals surface area (Å²) in [6.45, 7) is 4.00. The quantitative estimate of drug-likeness (QED) is 0.890. The van der Waals surface area contributed by atoms with Gasteiger partial charge in [-0.1, -0.05) is 5.16 Å². The van der Waals surface area contributed by atoms with Crippen molar-refractivity contribution in [1.82, 2.24) is 20.4 Å². The highest BCUT2D eigenvalue weighted by Gasteiger charge is 2.06. The maximum Gasteiger partial charge on any atom is 0.320 e. The van der Waals surface area contributed by atoms with Gasteiger partial charge in [-0.3, -0.25) is 5.32 Å². The Morgan fingerprint density at radius 3 is 2.80 bits per heavy atom. The monoisotopic (exact) mass is 339 g/mol. The molecule has 0 atom stereocenters. The van der Waals surface area contributed by atoms with Crippen LogP contribution in [0, 0.1) is 13.8 Å². The third-order valence-electron chi connectivity index (χ3n) is 2.46. The number of anilines is 1. The Morgan fingerprint density at radius 2 is 2.15 bits per heavy atom. The van der Waals surface area contributed by atoms with E-state index in [1.165, 1.54) is 0 Å². The molecule has 2 amide bonds. The summed E-state index contributed by atoms with van der Waals surface area (Å²) in [5.41, 5.74) is 0.809. The minimum atomic E-state index is -0.324. The van der Waals surface area contributed by atoms with Crippen LogP contribution in [0.1, 0.15) is 17.4 Å². The lowest BCUT2D eigenvalue weighted by molar-refractivity contribution is 0.251. The van der Waals surface area contributed by atoms with Crippen LogP contribution in [0.2, 0.25) is 0 Å². The highest BCUT2D eigenvalue weighted by molar-refractivity contribution is 9.10. The first-order valence-corrected chi connectivity index (χ1v) is 6.81. The molecule has 0 aliphatic carbocycles. The van der Waals surface area contributed by atoms with Crippen LogP contribution in [0.15, 0.2) is 21.1 Å². The van der Waals surface area contributed by atoms with E-state index in [0.717, 1.165) is 10.2 Å². The second kappa shape index (κ2) is 6.47. The second-order valence-corrected chi connectivity index (χ2v) is 4.98. The minimum Gasteiger partial charge on any atom is -0.339 e. The molecule has 106 valence electrons. The fourth-order valence-corrected chi connectivity index (χ4v) is 1.72. The molecule has 2 aromatic heterocycles. The highest BCUT2D eigenvalue weighted by atomic mass is 79.9. The number of aryl methyl sites for hydroxylation is 2. The van der Waals surface area contributed by atoms with Crippen molar-refractivity contribution >= 4 is 27.8 Å². The Hall–Kier alpha value is -1.96. The van der Waals surface area contributed by atoms with Crippen molar-refractivity contribution < 1.29 is 9.32 Å². The van der Waals surface area contributed by atoms with Gasteiger partial charge in [0.15, 0.2) is 5.82 Å². The fourth-order valence-electron chi connectivity index (χ4n) is 1.50. The standard InChI is InChI=1S/C12H14BrN5O2/c1-7-9(13)3-4-10(15-7)17-12(19)14-6-5-11-16-8(2)18-20-11/h3-4H,5-6H2,1-2H3,(H2,14,15,17,19). The van der Waals surface area contributed by atoms with Gasteiger partial charge < -0.3 is 9.84 Å². The highest BCUT2D eigenvalue weighted by Crippen LogP contribution is 2.15. The first kappa shape index (κ1) is 14.4. The van der Waals surface area contributed by atoms with Crippen LogP contribution in [0.3, 0.4) is 0 Å². The van der Waals surface area contributed by atoms with Crippen LogP contribution in [0.5, 0.6) is 0 Å². The van der Waals surface area contributed by atoms with Crippen molar-refractivity contribution in [3.8, 4) is 0 Å². The van der Waals surface area contributed by atoms with Gasteiger partial charge >= 0.3 is 6.03 Å². The van der Waals surface area contributed by atoms with Gasteiger partial charge in [-0.15, -0.1) is 0 Å². The van der Waals surface area contributed by atoms with Crippen molar-refractivity contribution in [3.63, 3.8) is 0 Å². The molecule has 20 heavy (non-hydrogen) atoms. The summed E-state index contributed by atoms with van der Waals surface area (Å²) >= 11 is 3.35. The summed E-state index contributed by atoms with van der Waals surface area (Å²) in [4.78, 5) is 19.9. The number of nitrogens with one attached hydrogen (secondary N) is 2. The maximum atomic E-state index is 11.7. The normalized spacial score (nSPS) is 10.3. The van der Waals surface area contributed by atoms with Crippen LogP contribution in [-0.4, -0.2) is 27.7 Å². The number of carbonyl (C=O) groups excluding carboxylic acids is 1. The number of hydrogen-bond donors (Lipinski definition) is 2. The van der Waals surface area contributed by atoms with E-state index in [1.807, 2.05) is 13.0 Å². The molecular weight excluding hydrogens is 326 g/mol. The van der Waals surface area contributed by atoms with E-state index in [-0.39, 0.29) is 6.03 Å². The van der Waals surface area contributed by atoms with Crippen molar-refractivity contribution in [3.05, 3.63) is 34.0 Å². The van der Waals surface area contributed by atoms with Crippen LogP contribution in [-0.2, 0) is 6.42 Å². The molecule has 0 saturated heterocycles. The molecule has 2 heterocycles. The predicted octanol–water partition coefficient (Wildman–Crippen LogP) is 2.21. The van der Waals surface area contributed by atoms with E-state index in [1.54, 1.807) is 13.0 Å². The first-order chi connectivity index (χ1) is 9.54. The predicted molar refractivity (Wildman–Crippen MR) is 76.4 cm³/mol. The van der Waals surface area contributed by atoms with Crippen LogP contribution < -0.4 is 10.6 Å². The summed E-state index contributed by atoms with van der Waals surface area (Å²) in [5, 5.41) is 9.02. The zero-order chi connectivity index (χ0) is 14.5. The number of rotatable bonds is 4. The number of halogens is 1. The summed E-state index contributed by atoms with van der Waals surface area (Å²) in [6.07, 6.45) is 0.487. The lowest BCUT2D eigenvalue weighted by Crippen LogP contribution is -2.30. The number of nitrogens with zero attached hydrogens (tertiary/aromatic N) is 3. The fraction of sp³-hybridized carbons (Fsp3) is 0.333. The van der Waals surface area contributed by atoms with E-state index in [0.29, 0.717) is 30.5 Å². The zero-order valence-corrected chi connectivity index (χ0v) is 12.7. The number of pyridine rings is 1. The number of hydrogen-bond acceptors (Lipinski definition) is 5. The van der Waals surface area contributed by atoms with E-state index >= 15 is 0 Å². The van der Waals surface area contributed by atoms with Crippen LogP contribution in [0.25, 0.3) is 0 Å². The Bertz CT molecular complexity index is 614. The average Bonchev–Trinajstić information content (AvgIpc) is 2.80. The van der Waals surface area contributed by atoms with Gasteiger partial charge in [-0.25, -0.2) is 9.78 Å². The molecule has 0 saturated carbocycles. The molecule has 0 radical (unpaired) electrons. The Morgan fingerprint density at radius 1 is 1.35 bits per heavy atom. The Balaban J connectivity index is 1.79. The third-order valence-corrected chi connectivity index (χ3v) is 3.30. The number of amides is 2. The molecular formula is C12H14BrN5O2. The van der Waals surface area contributed by atoms with Crippen LogP contribution >= 0.6 is 15.9 Å². The largest absolute Gasteiger partial charge is 0.339 e. The van der Waals surface area contributed by atoms with Crippen molar-refractivity contribution in [2.45, 2.75) is 20.3 Å². The Kier molecular flexibility index (Phi) is 4.67. The van der Waals surface area contributed by atoms with E-state index in [2.05, 4.69) is 41.7 Å². The summed E-state index contributed by atoms with van der Waals surface area (Å²) in [7, 11) is 0. The van der Waals surface area contributed by atoms with Gasteiger partial charge in [0.1, 0.15) is 5.82 Å². The third kappa shape index (κ3) is 4.02. The number of urea groups is 1. The molecule has 2 rings (SSSR count). The van der Waals surface area contributed by atoms with E-state index in [4.69, 9.17) is 4.52 Å². The molecule has 8 heteroatoms. The molecule has 0 aliphatic heterocycles. The summed E-state index contributed by atoms with van der Waals surface area (Å²) in [5.74, 6) is 1.58. The van der Waals surface area contributed by atoms with Gasteiger partial charge in [-0.2, -0.15) is 4.98 Å². The average molecular weight is 340 g/mol. The maximum absolute atomic E-state index is 11.7. The van der Waals surface area contributed by atoms with Gasteiger partial charge in [0.2, 0.25) is 5.89 Å². The zero-order valence-electron chi connectivity index (χ0n) is 11.1. The molecule has 2 N–H and O–H groups in total. The summed E-state index contributed by atoms with van der Waals surface area (Å²) < 4.78 is 5.84. The minimum absolute atomic E-state index is 0.324. The number of aromatic nitrogens is 3. The van der Waals surface area contributed by atoms with Gasteiger partial charge in [0.25, 0.3) is 0 Å². The lowest BCUT2D eigenvalue weighted by atomic mass is 10.4. The topological polar surface area (TPSA) is 92.9 Å². The molecule has 7 nitrogen and oxygen atoms in total. The first-order valence-electron chi connectivity index (χ1n) is 6.02. The molecule has 0 bridgehead atoms. The lowest BCUT2D eigenvalue weighted by Gasteiger charge is -2.07. The van der Waals surface area contributed by atoms with Gasteiger partial charge in [0, 0.05) is 17.4 Å². The number of carbonyl (C=O) groups is 1. The van der Waals surface area contributed by atoms with E-state index < -0.39 is 0 Å². The molecule has 0 fully saturated rings. The smallest absolute Gasteiger partial charge is 0.320 e. The Labute approximate surface area is 124 Å². The molecule has 2 aromatic rings. The van der Waals surface area contributed by atoms with Crippen molar-refractivity contribution in [2.24, 2.45) is 0 Å². The molecule has 0 aromatic carbocycles. The van der Waals surface area contributed by atoms with Crippen molar-refractivity contribution in [1.29, 1.82) is 0 Å². The van der Waals surface area contributed by atoms with Gasteiger partial charge in [-0.05, 0) is 41.9 Å². The molecule has 0 unspecified atom stereocenters. The summed E-state index contributed by atoms with van der Waals surface area (Å²) in [6, 6.07) is 3.23. The van der Waals surface area contributed by atoms with Crippen molar-refractivity contribution in [2.75, 3.05) is 11.9 Å².